The Morgan fingerprint density at radius 1 is 1.42 bits per heavy atom. The van der Waals surface area contributed by atoms with E-state index in [1.165, 1.54) is 17.1 Å². The van der Waals surface area contributed by atoms with Crippen LogP contribution in [0.3, 0.4) is 0 Å². The van der Waals surface area contributed by atoms with E-state index in [4.69, 9.17) is 23.2 Å². The zero-order valence-electron chi connectivity index (χ0n) is 11.3. The van der Waals surface area contributed by atoms with E-state index in [2.05, 4.69) is 23.3 Å². The maximum absolute atomic E-state index is 6.09. The lowest BCUT2D eigenvalue weighted by Gasteiger charge is -2.37. The normalized spacial score (nSPS) is 22.4. The van der Waals surface area contributed by atoms with Crippen LogP contribution in [-0.4, -0.2) is 49.1 Å². The van der Waals surface area contributed by atoms with E-state index in [-0.39, 0.29) is 0 Å². The van der Waals surface area contributed by atoms with Gasteiger partial charge in [-0.25, -0.2) is 0 Å². The number of nitrogens with zero attached hydrogens (tertiary/aromatic N) is 1. The fraction of sp³-hybridized carbons (Fsp3) is 0.571. The molecule has 1 aliphatic heterocycles. The van der Waals surface area contributed by atoms with Crippen molar-refractivity contribution in [1.82, 2.24) is 10.2 Å². The van der Waals surface area contributed by atoms with Crippen LogP contribution in [0, 0.1) is 0 Å². The molecule has 0 aromatic heterocycles. The van der Waals surface area contributed by atoms with Crippen LogP contribution in [0.1, 0.15) is 5.56 Å². The van der Waals surface area contributed by atoms with Gasteiger partial charge in [-0.3, -0.25) is 0 Å². The van der Waals surface area contributed by atoms with Crippen LogP contribution < -0.4 is 5.32 Å². The van der Waals surface area contributed by atoms with Gasteiger partial charge in [0.25, 0.3) is 0 Å². The largest absolute Gasteiger partial charge is 0.315 e. The van der Waals surface area contributed by atoms with E-state index >= 15 is 0 Å². The molecule has 2 nitrogen and oxygen atoms in total. The minimum absolute atomic E-state index is 0.440. The Kier molecular flexibility index (Phi) is 5.85. The van der Waals surface area contributed by atoms with Crippen LogP contribution >= 0.6 is 35.0 Å². The van der Waals surface area contributed by atoms with Gasteiger partial charge in [0.2, 0.25) is 0 Å². The molecule has 1 aliphatic rings. The van der Waals surface area contributed by atoms with Crippen molar-refractivity contribution in [2.24, 2.45) is 0 Å². The Labute approximate surface area is 129 Å². The Morgan fingerprint density at radius 2 is 2.21 bits per heavy atom. The number of likely N-dealkylation sites (N-methyl/N-ethyl adjacent to an activating group) is 2. The van der Waals surface area contributed by atoms with Crippen LogP contribution in [0.25, 0.3) is 0 Å². The summed E-state index contributed by atoms with van der Waals surface area (Å²) in [5.41, 5.74) is 1.23. The number of benzene rings is 1. The Balaban J connectivity index is 2.07. The van der Waals surface area contributed by atoms with Crippen LogP contribution in [0.15, 0.2) is 18.2 Å². The highest BCUT2D eigenvalue weighted by Crippen LogP contribution is 2.25. The lowest BCUT2D eigenvalue weighted by Crippen LogP contribution is -2.52. The SMILES string of the molecule is CNC(Cc1ccc(Cl)c(Cl)c1)C1CSCCN1C. The fourth-order valence-corrected chi connectivity index (χ4v) is 4.11. The van der Waals surface area contributed by atoms with E-state index in [9.17, 15) is 0 Å². The van der Waals surface area contributed by atoms with Crippen molar-refractivity contribution in [1.29, 1.82) is 0 Å². The van der Waals surface area contributed by atoms with E-state index in [1.807, 2.05) is 30.9 Å². The average molecular weight is 319 g/mol. The highest BCUT2D eigenvalue weighted by atomic mass is 35.5. The van der Waals surface area contributed by atoms with Crippen molar-refractivity contribution >= 4 is 35.0 Å². The quantitative estimate of drug-likeness (QED) is 0.918. The van der Waals surface area contributed by atoms with Gasteiger partial charge in [0, 0.05) is 30.1 Å². The molecule has 5 heteroatoms. The number of hydrogen-bond acceptors (Lipinski definition) is 3. The number of halogens is 2. The molecular weight excluding hydrogens is 299 g/mol. The molecule has 2 unspecified atom stereocenters. The summed E-state index contributed by atoms with van der Waals surface area (Å²) in [5, 5.41) is 4.71. The molecule has 1 aromatic carbocycles. The first-order valence-corrected chi connectivity index (χ1v) is 8.42. The lowest BCUT2D eigenvalue weighted by molar-refractivity contribution is 0.219. The van der Waals surface area contributed by atoms with Crippen LogP contribution in [0.4, 0.5) is 0 Å². The predicted molar refractivity (Wildman–Crippen MR) is 86.8 cm³/mol. The second-order valence-corrected chi connectivity index (χ2v) is 6.93. The summed E-state index contributed by atoms with van der Waals surface area (Å²) in [4.78, 5) is 2.45. The van der Waals surface area contributed by atoms with E-state index in [1.54, 1.807) is 0 Å². The molecule has 0 radical (unpaired) electrons. The van der Waals surface area contributed by atoms with Crippen molar-refractivity contribution < 1.29 is 0 Å². The molecule has 1 aromatic rings. The minimum Gasteiger partial charge on any atom is -0.315 e. The van der Waals surface area contributed by atoms with Crippen molar-refractivity contribution in [2.75, 3.05) is 32.1 Å². The maximum atomic E-state index is 6.09. The zero-order chi connectivity index (χ0) is 13.8. The van der Waals surface area contributed by atoms with Crippen LogP contribution in [0.5, 0.6) is 0 Å². The third kappa shape index (κ3) is 4.02. The van der Waals surface area contributed by atoms with Crippen molar-refractivity contribution in [3.63, 3.8) is 0 Å². The zero-order valence-corrected chi connectivity index (χ0v) is 13.7. The molecule has 106 valence electrons. The molecule has 1 saturated heterocycles. The van der Waals surface area contributed by atoms with Crippen LogP contribution in [0.2, 0.25) is 10.0 Å². The third-order valence-electron chi connectivity index (χ3n) is 3.72. The summed E-state index contributed by atoms with van der Waals surface area (Å²) in [6.07, 6.45) is 0.975. The molecule has 2 atom stereocenters. The highest BCUT2D eigenvalue weighted by molar-refractivity contribution is 7.99. The summed E-state index contributed by atoms with van der Waals surface area (Å²) in [7, 11) is 4.25. The number of nitrogens with one attached hydrogen (secondary N) is 1. The first kappa shape index (κ1) is 15.5. The van der Waals surface area contributed by atoms with E-state index in [0.29, 0.717) is 22.1 Å². The summed E-state index contributed by atoms with van der Waals surface area (Å²) in [5.74, 6) is 2.42. The van der Waals surface area contributed by atoms with Gasteiger partial charge >= 0.3 is 0 Å². The Morgan fingerprint density at radius 3 is 2.84 bits per heavy atom. The van der Waals surface area contributed by atoms with Gasteiger partial charge in [-0.05, 0) is 38.2 Å². The molecule has 19 heavy (non-hydrogen) atoms. The number of hydrogen-bond donors (Lipinski definition) is 1. The highest BCUT2D eigenvalue weighted by Gasteiger charge is 2.27. The second kappa shape index (κ2) is 7.19. The summed E-state index contributed by atoms with van der Waals surface area (Å²) >= 11 is 14.1. The van der Waals surface area contributed by atoms with Gasteiger partial charge in [0.15, 0.2) is 0 Å². The molecule has 0 aliphatic carbocycles. The molecule has 1 heterocycles. The molecular formula is C14H20Cl2N2S. The Hall–Kier alpha value is 0.0700. The first-order valence-electron chi connectivity index (χ1n) is 6.51. The predicted octanol–water partition coefficient (Wildman–Crippen LogP) is 3.17. The van der Waals surface area contributed by atoms with E-state index < -0.39 is 0 Å². The molecule has 0 saturated carbocycles. The lowest BCUT2D eigenvalue weighted by atomic mass is 9.99. The average Bonchev–Trinajstić information content (AvgIpc) is 2.41. The summed E-state index contributed by atoms with van der Waals surface area (Å²) in [6, 6.07) is 6.93. The fourth-order valence-electron chi connectivity index (χ4n) is 2.48. The molecule has 0 bridgehead atoms. The molecule has 1 fully saturated rings. The number of thioether (sulfide) groups is 1. The smallest absolute Gasteiger partial charge is 0.0595 e. The maximum Gasteiger partial charge on any atom is 0.0595 e. The Bertz CT molecular complexity index is 428. The van der Waals surface area contributed by atoms with E-state index in [0.717, 1.165) is 13.0 Å². The van der Waals surface area contributed by atoms with Gasteiger partial charge in [0.1, 0.15) is 0 Å². The second-order valence-electron chi connectivity index (χ2n) is 4.97. The van der Waals surface area contributed by atoms with Crippen molar-refractivity contribution in [2.45, 2.75) is 18.5 Å². The number of rotatable bonds is 4. The van der Waals surface area contributed by atoms with Crippen molar-refractivity contribution in [3.8, 4) is 0 Å². The summed E-state index contributed by atoms with van der Waals surface area (Å²) in [6.45, 7) is 1.16. The van der Waals surface area contributed by atoms with Gasteiger partial charge < -0.3 is 10.2 Å². The summed E-state index contributed by atoms with van der Waals surface area (Å²) < 4.78 is 0. The topological polar surface area (TPSA) is 15.3 Å². The van der Waals surface area contributed by atoms with Gasteiger partial charge in [0.05, 0.1) is 10.0 Å². The minimum atomic E-state index is 0.440. The molecule has 0 spiro atoms. The third-order valence-corrected chi connectivity index (χ3v) is 5.51. The molecule has 0 amide bonds. The van der Waals surface area contributed by atoms with Crippen LogP contribution in [-0.2, 0) is 6.42 Å². The first-order chi connectivity index (χ1) is 9.11. The molecule has 1 N–H and O–H groups in total. The standard InChI is InChI=1S/C14H20Cl2N2S/c1-17-13(14-9-19-6-5-18(14)2)8-10-3-4-11(15)12(16)7-10/h3-4,7,13-14,17H,5-6,8-9H2,1-2H3. The van der Waals surface area contributed by atoms with Gasteiger partial charge in [-0.2, -0.15) is 11.8 Å². The van der Waals surface area contributed by atoms with Gasteiger partial charge in [-0.1, -0.05) is 29.3 Å². The van der Waals surface area contributed by atoms with Crippen molar-refractivity contribution in [3.05, 3.63) is 33.8 Å². The monoisotopic (exact) mass is 318 g/mol. The molecule has 2 rings (SSSR count). The van der Waals surface area contributed by atoms with Gasteiger partial charge in [-0.15, -0.1) is 0 Å².